The highest BCUT2D eigenvalue weighted by Crippen LogP contribution is 2.21. The number of aromatic nitrogens is 2. The van der Waals surface area contributed by atoms with E-state index in [0.29, 0.717) is 13.2 Å². The Morgan fingerprint density at radius 1 is 1.36 bits per heavy atom. The molecular formula is C19H27N3O3. The summed E-state index contributed by atoms with van der Waals surface area (Å²) in [5.74, 6) is 1.70. The summed E-state index contributed by atoms with van der Waals surface area (Å²) in [5.41, 5.74) is 3.27. The van der Waals surface area contributed by atoms with Crippen molar-refractivity contribution in [3.05, 3.63) is 41.1 Å². The highest BCUT2D eigenvalue weighted by Gasteiger charge is 2.16. The molecule has 0 saturated carbocycles. The number of nitrogens with one attached hydrogen (secondary N) is 1. The molecule has 1 N–H and O–H groups in total. The zero-order valence-corrected chi connectivity index (χ0v) is 15.2. The normalized spacial score (nSPS) is 17.0. The number of hydrogen-bond acceptors (Lipinski definition) is 5. The van der Waals surface area contributed by atoms with E-state index in [-0.39, 0.29) is 6.10 Å². The van der Waals surface area contributed by atoms with Gasteiger partial charge >= 0.3 is 0 Å². The average molecular weight is 345 g/mol. The Morgan fingerprint density at radius 2 is 2.24 bits per heavy atom. The first kappa shape index (κ1) is 17.8. The predicted molar refractivity (Wildman–Crippen MR) is 96.0 cm³/mol. The fourth-order valence-corrected chi connectivity index (χ4v) is 3.18. The molecule has 6 heteroatoms. The Bertz CT molecular complexity index is 693. The first-order valence-electron chi connectivity index (χ1n) is 8.78. The van der Waals surface area contributed by atoms with Crippen molar-refractivity contribution in [1.82, 2.24) is 15.1 Å². The molecule has 1 aromatic heterocycles. The van der Waals surface area contributed by atoms with E-state index in [1.54, 1.807) is 11.8 Å². The van der Waals surface area contributed by atoms with E-state index in [1.165, 1.54) is 5.56 Å². The first-order chi connectivity index (χ1) is 12.2. The Morgan fingerprint density at radius 3 is 3.00 bits per heavy atom. The van der Waals surface area contributed by atoms with Crippen molar-refractivity contribution < 1.29 is 14.2 Å². The quantitative estimate of drug-likeness (QED) is 0.797. The molecule has 3 rings (SSSR count). The minimum atomic E-state index is 0.239. The number of methoxy groups -OCH3 is 1. The van der Waals surface area contributed by atoms with Gasteiger partial charge in [-0.2, -0.15) is 5.10 Å². The van der Waals surface area contributed by atoms with E-state index < -0.39 is 0 Å². The summed E-state index contributed by atoms with van der Waals surface area (Å²) in [6.45, 7) is 4.95. The fourth-order valence-electron chi connectivity index (χ4n) is 3.18. The minimum absolute atomic E-state index is 0.239. The van der Waals surface area contributed by atoms with Crippen molar-refractivity contribution in [3.8, 4) is 11.6 Å². The second-order valence-corrected chi connectivity index (χ2v) is 6.39. The smallest absolute Gasteiger partial charge is 0.216 e. The molecule has 136 valence electrons. The molecule has 6 nitrogen and oxygen atoms in total. The molecule has 1 aliphatic rings. The Hall–Kier alpha value is -2.05. The van der Waals surface area contributed by atoms with Crippen LogP contribution in [0.25, 0.3) is 0 Å². The van der Waals surface area contributed by atoms with E-state index in [1.807, 2.05) is 26.1 Å². The largest absolute Gasteiger partial charge is 0.491 e. The summed E-state index contributed by atoms with van der Waals surface area (Å²) in [7, 11) is 3.57. The summed E-state index contributed by atoms with van der Waals surface area (Å²) in [4.78, 5) is 0. The van der Waals surface area contributed by atoms with Gasteiger partial charge < -0.3 is 19.5 Å². The van der Waals surface area contributed by atoms with Crippen LogP contribution in [0.5, 0.6) is 11.6 Å². The van der Waals surface area contributed by atoms with E-state index in [2.05, 4.69) is 22.5 Å². The molecule has 0 bridgehead atoms. The highest BCUT2D eigenvalue weighted by molar-refractivity contribution is 5.31. The van der Waals surface area contributed by atoms with Gasteiger partial charge in [0.2, 0.25) is 5.88 Å². The molecule has 2 aromatic rings. The Kier molecular flexibility index (Phi) is 5.94. The van der Waals surface area contributed by atoms with Gasteiger partial charge in [-0.1, -0.05) is 12.1 Å². The lowest BCUT2D eigenvalue weighted by Crippen LogP contribution is -2.16. The van der Waals surface area contributed by atoms with Gasteiger partial charge in [0.15, 0.2) is 0 Å². The van der Waals surface area contributed by atoms with Gasteiger partial charge in [0.25, 0.3) is 0 Å². The molecule has 1 atom stereocenters. The number of ether oxygens (including phenoxy) is 3. The van der Waals surface area contributed by atoms with Gasteiger partial charge in [0, 0.05) is 26.7 Å². The van der Waals surface area contributed by atoms with E-state index in [0.717, 1.165) is 48.9 Å². The van der Waals surface area contributed by atoms with Gasteiger partial charge in [0.05, 0.1) is 24.5 Å². The molecule has 1 saturated heterocycles. The maximum Gasteiger partial charge on any atom is 0.216 e. The van der Waals surface area contributed by atoms with Crippen LogP contribution in [0.3, 0.4) is 0 Å². The number of aryl methyl sites for hydroxylation is 2. The van der Waals surface area contributed by atoms with Gasteiger partial charge in [-0.3, -0.25) is 0 Å². The summed E-state index contributed by atoms with van der Waals surface area (Å²) >= 11 is 0. The summed E-state index contributed by atoms with van der Waals surface area (Å²) in [6.07, 6.45) is 2.46. The van der Waals surface area contributed by atoms with Gasteiger partial charge in [0.1, 0.15) is 12.4 Å². The SMILES string of the molecule is COc1c(CNCc2cccc(OC[C@@H]3CCCO3)c2)c(C)nn1C. The summed E-state index contributed by atoms with van der Waals surface area (Å²) < 4.78 is 18.7. The number of benzene rings is 1. The summed E-state index contributed by atoms with van der Waals surface area (Å²) in [6, 6.07) is 8.19. The fraction of sp³-hybridized carbons (Fsp3) is 0.526. The molecule has 1 aliphatic heterocycles. The minimum Gasteiger partial charge on any atom is -0.491 e. The van der Waals surface area contributed by atoms with Crippen LogP contribution in [0.15, 0.2) is 24.3 Å². The third-order valence-electron chi connectivity index (χ3n) is 4.47. The van der Waals surface area contributed by atoms with Gasteiger partial charge in [-0.15, -0.1) is 0 Å². The molecular weight excluding hydrogens is 318 g/mol. The zero-order valence-electron chi connectivity index (χ0n) is 15.2. The Balaban J connectivity index is 1.52. The maximum absolute atomic E-state index is 5.87. The van der Waals surface area contributed by atoms with Gasteiger partial charge in [-0.05, 0) is 37.5 Å². The molecule has 0 unspecified atom stereocenters. The standard InChI is InChI=1S/C19H27N3O3/c1-14-18(19(23-3)22(2)21-14)12-20-11-15-6-4-7-16(10-15)25-13-17-8-5-9-24-17/h4,6-7,10,17,20H,5,8-9,11-13H2,1-3H3/t17-/m0/s1. The summed E-state index contributed by atoms with van der Waals surface area (Å²) in [5, 5.41) is 7.86. The molecule has 2 heterocycles. The second kappa shape index (κ2) is 8.36. The number of rotatable bonds is 8. The second-order valence-electron chi connectivity index (χ2n) is 6.39. The predicted octanol–water partition coefficient (Wildman–Crippen LogP) is 2.58. The number of nitrogens with zero attached hydrogens (tertiary/aromatic N) is 2. The lowest BCUT2D eigenvalue weighted by molar-refractivity contribution is 0.0679. The average Bonchev–Trinajstić information content (AvgIpc) is 3.21. The molecule has 0 radical (unpaired) electrons. The number of hydrogen-bond donors (Lipinski definition) is 1. The van der Waals surface area contributed by atoms with E-state index >= 15 is 0 Å². The maximum atomic E-state index is 5.87. The topological polar surface area (TPSA) is 57.5 Å². The van der Waals surface area contributed by atoms with Gasteiger partial charge in [-0.25, -0.2) is 4.68 Å². The van der Waals surface area contributed by atoms with Crippen molar-refractivity contribution in [1.29, 1.82) is 0 Å². The van der Waals surface area contributed by atoms with Crippen LogP contribution >= 0.6 is 0 Å². The zero-order chi connectivity index (χ0) is 17.6. The molecule has 1 fully saturated rings. The van der Waals surface area contributed by atoms with Crippen LogP contribution in [0.4, 0.5) is 0 Å². The first-order valence-corrected chi connectivity index (χ1v) is 8.78. The van der Waals surface area contributed by atoms with Crippen LogP contribution in [-0.2, 0) is 24.9 Å². The van der Waals surface area contributed by atoms with Crippen LogP contribution in [0, 0.1) is 6.92 Å². The lowest BCUT2D eigenvalue weighted by atomic mass is 10.2. The van der Waals surface area contributed by atoms with E-state index in [9.17, 15) is 0 Å². The molecule has 0 spiro atoms. The van der Waals surface area contributed by atoms with Crippen LogP contribution in [-0.4, -0.2) is 36.2 Å². The van der Waals surface area contributed by atoms with E-state index in [4.69, 9.17) is 14.2 Å². The Labute approximate surface area is 149 Å². The van der Waals surface area contributed by atoms with Crippen molar-refractivity contribution in [2.75, 3.05) is 20.3 Å². The highest BCUT2D eigenvalue weighted by atomic mass is 16.5. The molecule has 1 aromatic carbocycles. The third-order valence-corrected chi connectivity index (χ3v) is 4.47. The van der Waals surface area contributed by atoms with Crippen LogP contribution in [0.1, 0.15) is 29.7 Å². The lowest BCUT2D eigenvalue weighted by Gasteiger charge is -2.12. The molecule has 0 aliphatic carbocycles. The van der Waals surface area contributed by atoms with Crippen molar-refractivity contribution in [2.45, 2.75) is 39.0 Å². The van der Waals surface area contributed by atoms with Crippen LogP contribution in [0.2, 0.25) is 0 Å². The van der Waals surface area contributed by atoms with Crippen LogP contribution < -0.4 is 14.8 Å². The molecule has 25 heavy (non-hydrogen) atoms. The van der Waals surface area contributed by atoms with Crippen molar-refractivity contribution in [3.63, 3.8) is 0 Å². The molecule has 0 amide bonds. The van der Waals surface area contributed by atoms with Crippen molar-refractivity contribution >= 4 is 0 Å². The third kappa shape index (κ3) is 4.52. The van der Waals surface area contributed by atoms with Crippen molar-refractivity contribution in [2.24, 2.45) is 7.05 Å². The monoisotopic (exact) mass is 345 g/mol.